The lowest BCUT2D eigenvalue weighted by molar-refractivity contribution is -0.275. The maximum absolute atomic E-state index is 12.9. The third-order valence-corrected chi connectivity index (χ3v) is 2.69. The van der Waals surface area contributed by atoms with Gasteiger partial charge in [0.2, 0.25) is 0 Å². The highest BCUT2D eigenvalue weighted by Crippen LogP contribution is 2.48. The second-order valence-corrected chi connectivity index (χ2v) is 4.46. The van der Waals surface area contributed by atoms with Crippen LogP contribution in [0.15, 0.2) is 0 Å². The Hall–Kier alpha value is -0.770. The summed E-state index contributed by atoms with van der Waals surface area (Å²) in [7, 11) is 0. The first-order chi connectivity index (χ1) is 8.97. The molecule has 0 aromatic heterocycles. The highest BCUT2D eigenvalue weighted by Gasteiger charge is 2.63. The van der Waals surface area contributed by atoms with Crippen LogP contribution in [0.25, 0.3) is 0 Å². The highest BCUT2D eigenvalue weighted by molar-refractivity contribution is 4.91. The molecule has 0 saturated carbocycles. The molecule has 0 fully saturated rings. The molecule has 0 heterocycles. The number of halogens is 11. The molecule has 0 saturated heterocycles. The summed E-state index contributed by atoms with van der Waals surface area (Å²) in [5, 5.41) is 0. The van der Waals surface area contributed by atoms with Crippen molar-refractivity contribution >= 4 is 0 Å². The fraction of sp³-hybridized carbons (Fsp3) is 1.00. The molecule has 0 bridgehead atoms. The third kappa shape index (κ3) is 5.17. The summed E-state index contributed by atoms with van der Waals surface area (Å²) in [5.41, 5.74) is 0. The standard InChI is InChI=1S/C10H11F11/c1-2-6(11,12)7(13,14)3-4-8(15,16)9(17,18)5-10(19,20)21/h2-5H2,1H3. The van der Waals surface area contributed by atoms with E-state index >= 15 is 0 Å². The molecule has 11 heteroatoms. The van der Waals surface area contributed by atoms with Gasteiger partial charge in [-0.15, -0.1) is 0 Å². The Labute approximate surface area is 112 Å². The van der Waals surface area contributed by atoms with Crippen LogP contribution >= 0.6 is 0 Å². The normalized spacial score (nSPS) is 15.4. The topological polar surface area (TPSA) is 0 Å². The predicted molar refractivity (Wildman–Crippen MR) is 50.0 cm³/mol. The smallest absolute Gasteiger partial charge is 0.200 e. The number of hydrogen-bond acceptors (Lipinski definition) is 0. The predicted octanol–water partition coefficient (Wildman–Crippen LogP) is 5.67. The molecule has 0 aliphatic carbocycles. The summed E-state index contributed by atoms with van der Waals surface area (Å²) in [4.78, 5) is 0. The Morgan fingerprint density at radius 3 is 1.14 bits per heavy atom. The fourth-order valence-corrected chi connectivity index (χ4v) is 1.32. The molecule has 0 nitrogen and oxygen atoms in total. The minimum Gasteiger partial charge on any atom is -0.200 e. The zero-order valence-corrected chi connectivity index (χ0v) is 10.5. The van der Waals surface area contributed by atoms with E-state index in [0.717, 1.165) is 0 Å². The Morgan fingerprint density at radius 2 is 0.857 bits per heavy atom. The molecular formula is C10H11F11. The van der Waals surface area contributed by atoms with Gasteiger partial charge in [-0.25, -0.2) is 0 Å². The van der Waals surface area contributed by atoms with Gasteiger partial charge in [0.05, 0.1) is 0 Å². The van der Waals surface area contributed by atoms with Crippen LogP contribution in [0.2, 0.25) is 0 Å². The molecule has 0 rings (SSSR count). The van der Waals surface area contributed by atoms with Gasteiger partial charge in [0.1, 0.15) is 6.42 Å². The SMILES string of the molecule is CCC(F)(F)C(F)(F)CCC(F)(F)C(F)(F)CC(F)(F)F. The molecule has 0 amide bonds. The number of rotatable bonds is 7. The third-order valence-electron chi connectivity index (χ3n) is 2.69. The Bertz CT molecular complexity index is 341. The van der Waals surface area contributed by atoms with E-state index in [1.165, 1.54) is 0 Å². The minimum absolute atomic E-state index is 0.615. The van der Waals surface area contributed by atoms with Crippen molar-refractivity contribution < 1.29 is 48.3 Å². The molecule has 0 aliphatic heterocycles. The van der Waals surface area contributed by atoms with Crippen molar-refractivity contribution in [1.82, 2.24) is 0 Å². The van der Waals surface area contributed by atoms with Gasteiger partial charge in [-0.2, -0.15) is 48.3 Å². The number of hydrogen-bond donors (Lipinski definition) is 0. The monoisotopic (exact) mass is 340 g/mol. The van der Waals surface area contributed by atoms with Crippen LogP contribution in [0.3, 0.4) is 0 Å². The van der Waals surface area contributed by atoms with Gasteiger partial charge in [-0.1, -0.05) is 6.92 Å². The summed E-state index contributed by atoms with van der Waals surface area (Å²) >= 11 is 0. The molecule has 128 valence electrons. The van der Waals surface area contributed by atoms with Crippen molar-refractivity contribution in [2.24, 2.45) is 0 Å². The van der Waals surface area contributed by atoms with E-state index in [1.54, 1.807) is 0 Å². The Kier molecular flexibility index (Phi) is 5.58. The fourth-order valence-electron chi connectivity index (χ4n) is 1.32. The number of alkyl halides is 11. The van der Waals surface area contributed by atoms with Crippen molar-refractivity contribution in [2.45, 2.75) is 62.5 Å². The van der Waals surface area contributed by atoms with E-state index < -0.39 is 55.5 Å². The molecule has 0 radical (unpaired) electrons. The average Bonchev–Trinajstić information content (AvgIpc) is 2.23. The molecule has 0 aromatic rings. The minimum atomic E-state index is -5.66. The lowest BCUT2D eigenvalue weighted by Gasteiger charge is -2.30. The van der Waals surface area contributed by atoms with Crippen LogP contribution in [0.4, 0.5) is 48.3 Å². The largest absolute Gasteiger partial charge is 0.395 e. The van der Waals surface area contributed by atoms with Crippen LogP contribution in [0, 0.1) is 0 Å². The molecule has 0 unspecified atom stereocenters. The molecular weight excluding hydrogens is 329 g/mol. The highest BCUT2D eigenvalue weighted by atomic mass is 19.4. The molecule has 0 atom stereocenters. The van der Waals surface area contributed by atoms with Crippen LogP contribution in [-0.4, -0.2) is 29.9 Å². The van der Waals surface area contributed by atoms with Crippen LogP contribution in [0.5, 0.6) is 0 Å². The summed E-state index contributed by atoms with van der Waals surface area (Å²) in [6, 6.07) is 0. The molecule has 21 heavy (non-hydrogen) atoms. The van der Waals surface area contributed by atoms with Crippen LogP contribution in [0.1, 0.15) is 32.6 Å². The van der Waals surface area contributed by atoms with Gasteiger partial charge in [0.25, 0.3) is 0 Å². The summed E-state index contributed by atoms with van der Waals surface area (Å²) in [6.45, 7) is 0.615. The maximum Gasteiger partial charge on any atom is 0.395 e. The van der Waals surface area contributed by atoms with Gasteiger partial charge >= 0.3 is 29.9 Å². The first-order valence-electron chi connectivity index (χ1n) is 5.55. The van der Waals surface area contributed by atoms with Crippen molar-refractivity contribution in [3.63, 3.8) is 0 Å². The van der Waals surface area contributed by atoms with E-state index in [1.807, 2.05) is 0 Å². The maximum atomic E-state index is 12.9. The quantitative estimate of drug-likeness (QED) is 0.524. The van der Waals surface area contributed by atoms with E-state index in [0.29, 0.717) is 6.92 Å². The van der Waals surface area contributed by atoms with Gasteiger partial charge in [0, 0.05) is 19.3 Å². The second kappa shape index (κ2) is 5.79. The summed E-state index contributed by atoms with van der Waals surface area (Å²) in [6.07, 6.45) is -15.2. The van der Waals surface area contributed by atoms with Gasteiger partial charge in [-0.05, 0) is 0 Å². The first-order valence-corrected chi connectivity index (χ1v) is 5.55. The Morgan fingerprint density at radius 1 is 0.524 bits per heavy atom. The lowest BCUT2D eigenvalue weighted by Crippen LogP contribution is -2.47. The van der Waals surface area contributed by atoms with Crippen molar-refractivity contribution in [1.29, 1.82) is 0 Å². The zero-order valence-electron chi connectivity index (χ0n) is 10.5. The molecule has 0 aliphatic rings. The van der Waals surface area contributed by atoms with E-state index in [4.69, 9.17) is 0 Å². The van der Waals surface area contributed by atoms with Crippen molar-refractivity contribution in [2.75, 3.05) is 0 Å². The summed E-state index contributed by atoms with van der Waals surface area (Å²) < 4.78 is 138. The second-order valence-electron chi connectivity index (χ2n) is 4.46. The first kappa shape index (κ1) is 20.2. The van der Waals surface area contributed by atoms with E-state index in [9.17, 15) is 48.3 Å². The van der Waals surface area contributed by atoms with Crippen LogP contribution < -0.4 is 0 Å². The van der Waals surface area contributed by atoms with Gasteiger partial charge < -0.3 is 0 Å². The van der Waals surface area contributed by atoms with Crippen molar-refractivity contribution in [3.05, 3.63) is 0 Å². The lowest BCUT2D eigenvalue weighted by atomic mass is 9.97. The molecule has 0 N–H and O–H groups in total. The van der Waals surface area contributed by atoms with Crippen molar-refractivity contribution in [3.8, 4) is 0 Å². The van der Waals surface area contributed by atoms with Gasteiger partial charge in [0.15, 0.2) is 0 Å². The summed E-state index contributed by atoms with van der Waals surface area (Å²) in [5.74, 6) is -20.9. The zero-order chi connectivity index (χ0) is 17.3. The Balaban J connectivity index is 4.98. The van der Waals surface area contributed by atoms with Gasteiger partial charge in [-0.3, -0.25) is 0 Å². The van der Waals surface area contributed by atoms with E-state index in [2.05, 4.69) is 0 Å². The molecule has 0 spiro atoms. The van der Waals surface area contributed by atoms with Crippen LogP contribution in [-0.2, 0) is 0 Å². The average molecular weight is 340 g/mol. The molecule has 0 aromatic carbocycles. The van der Waals surface area contributed by atoms with E-state index in [-0.39, 0.29) is 0 Å².